The molecule has 0 atom stereocenters. The van der Waals surface area contributed by atoms with E-state index in [-0.39, 0.29) is 46.5 Å². The molecule has 0 bridgehead atoms. The highest BCUT2D eigenvalue weighted by Gasteiger charge is 2.22. The molecule has 0 radical (unpaired) electrons. The van der Waals surface area contributed by atoms with Gasteiger partial charge in [-0.05, 0) is 83.9 Å². The van der Waals surface area contributed by atoms with Crippen LogP contribution in [0.25, 0.3) is 22.3 Å². The third kappa shape index (κ3) is 12.0. The highest BCUT2D eigenvalue weighted by atomic mass is 32.1. The number of imidazole rings is 1. The topological polar surface area (TPSA) is 175 Å². The van der Waals surface area contributed by atoms with Crippen LogP contribution in [0.2, 0.25) is 0 Å². The highest BCUT2D eigenvalue weighted by Crippen LogP contribution is 2.31. The molecule has 0 saturated carbocycles. The molecule has 7 rings (SSSR count). The Balaban J connectivity index is 0.760. The zero-order valence-corrected chi connectivity index (χ0v) is 38.3. The normalized spacial score (nSPS) is 13.1. The number of rotatable bonds is 19. The fraction of sp³-hybridized carbons (Fsp3) is 0.404. The third-order valence-electron chi connectivity index (χ3n) is 11.4. The molecule has 342 valence electrons. The number of nitrogens with one attached hydrogen (secondary N) is 4. The Morgan fingerprint density at radius 1 is 0.800 bits per heavy atom. The van der Waals surface area contributed by atoms with Crippen LogP contribution in [-0.2, 0) is 9.59 Å². The summed E-state index contributed by atoms with van der Waals surface area (Å²) in [5, 5.41) is 12.4. The number of pyridine rings is 1. The molecule has 1 aliphatic heterocycles. The van der Waals surface area contributed by atoms with Crippen LogP contribution in [0.1, 0.15) is 91.6 Å². The molecular weight excluding hydrogens is 851 g/mol. The number of nitrogens with zero attached hydrogens (tertiary/aromatic N) is 8. The van der Waals surface area contributed by atoms with Crippen molar-refractivity contribution in [1.29, 1.82) is 0 Å². The first-order chi connectivity index (χ1) is 31.3. The molecule has 15 nitrogen and oxygen atoms in total. The number of carbonyl (C=O) groups is 3. The number of benzene rings is 2. The molecule has 1 saturated heterocycles. The Bertz CT molecular complexity index is 2610. The van der Waals surface area contributed by atoms with E-state index < -0.39 is 11.6 Å². The molecule has 3 amide bonds. The summed E-state index contributed by atoms with van der Waals surface area (Å²) in [7, 11) is 0. The average Bonchev–Trinajstić information content (AvgIpc) is 3.80. The lowest BCUT2D eigenvalue weighted by molar-refractivity contribution is -0.122. The zero-order valence-electron chi connectivity index (χ0n) is 37.5. The summed E-state index contributed by atoms with van der Waals surface area (Å²) < 4.78 is 32.1. The second-order valence-corrected chi connectivity index (χ2v) is 17.8. The van der Waals surface area contributed by atoms with Gasteiger partial charge in [0.25, 0.3) is 5.91 Å². The van der Waals surface area contributed by atoms with Gasteiger partial charge < -0.3 is 25.4 Å². The number of carbonyl (C=O) groups excluding carboxylic acids is 3. The maximum Gasteiger partial charge on any atom is 0.259 e. The second-order valence-electron chi connectivity index (χ2n) is 16.6. The molecule has 6 aromatic rings. The van der Waals surface area contributed by atoms with Crippen molar-refractivity contribution in [3.8, 4) is 11.3 Å². The van der Waals surface area contributed by atoms with Gasteiger partial charge in [-0.15, -0.1) is 11.3 Å². The Morgan fingerprint density at radius 2 is 1.55 bits per heavy atom. The number of aromatic nitrogens is 6. The van der Waals surface area contributed by atoms with E-state index in [2.05, 4.69) is 56.0 Å². The van der Waals surface area contributed by atoms with Gasteiger partial charge >= 0.3 is 0 Å². The number of hydrogen-bond donors (Lipinski definition) is 4. The van der Waals surface area contributed by atoms with Crippen LogP contribution >= 0.6 is 11.3 Å². The number of halogens is 2. The fourth-order valence-corrected chi connectivity index (χ4v) is 8.72. The second kappa shape index (κ2) is 21.5. The van der Waals surface area contributed by atoms with Gasteiger partial charge in [0.15, 0.2) is 16.8 Å². The van der Waals surface area contributed by atoms with E-state index in [9.17, 15) is 14.4 Å². The molecule has 2 aromatic carbocycles. The van der Waals surface area contributed by atoms with Gasteiger partial charge in [0, 0.05) is 55.6 Å². The van der Waals surface area contributed by atoms with E-state index in [1.54, 1.807) is 42.6 Å². The van der Waals surface area contributed by atoms with Gasteiger partial charge in [-0.3, -0.25) is 24.6 Å². The highest BCUT2D eigenvalue weighted by molar-refractivity contribution is 7.15. The first-order valence-electron chi connectivity index (χ1n) is 22.1. The fourth-order valence-electron chi connectivity index (χ4n) is 7.91. The van der Waals surface area contributed by atoms with Crippen molar-refractivity contribution >= 4 is 68.4 Å². The molecule has 1 fully saturated rings. The minimum absolute atomic E-state index is 0.0168. The number of unbranched alkanes of at least 4 members (excludes halogenated alkanes) is 5. The maximum atomic E-state index is 15.1. The van der Waals surface area contributed by atoms with Crippen LogP contribution in [0.15, 0.2) is 60.9 Å². The van der Waals surface area contributed by atoms with Crippen LogP contribution in [0.4, 0.5) is 37.1 Å². The summed E-state index contributed by atoms with van der Waals surface area (Å²) in [5.74, 6) is -0.382. The predicted octanol–water partition coefficient (Wildman–Crippen LogP) is 8.73. The number of hydrogen-bond acceptors (Lipinski definition) is 12. The number of amides is 3. The lowest BCUT2D eigenvalue weighted by Gasteiger charge is -2.35. The maximum absolute atomic E-state index is 15.1. The molecule has 4 aromatic heterocycles. The minimum atomic E-state index is -0.677. The van der Waals surface area contributed by atoms with Crippen molar-refractivity contribution in [2.75, 3.05) is 60.1 Å². The Labute approximate surface area is 381 Å². The summed E-state index contributed by atoms with van der Waals surface area (Å²) in [6.45, 7) is 13.5. The number of para-hydroxylation sites is 1. The molecule has 1 aliphatic rings. The number of piperazine rings is 1. The predicted molar refractivity (Wildman–Crippen MR) is 252 cm³/mol. The van der Waals surface area contributed by atoms with E-state index in [0.29, 0.717) is 53.1 Å². The monoisotopic (exact) mass is 906 g/mol. The first kappa shape index (κ1) is 46.6. The van der Waals surface area contributed by atoms with Crippen molar-refractivity contribution in [1.82, 2.24) is 39.7 Å². The lowest BCUT2D eigenvalue weighted by atomic mass is 10.1. The molecule has 0 unspecified atom stereocenters. The van der Waals surface area contributed by atoms with Crippen LogP contribution in [0, 0.1) is 32.4 Å². The van der Waals surface area contributed by atoms with Gasteiger partial charge in [-0.1, -0.05) is 37.8 Å². The molecule has 65 heavy (non-hydrogen) atoms. The van der Waals surface area contributed by atoms with Crippen molar-refractivity contribution in [2.24, 2.45) is 0 Å². The van der Waals surface area contributed by atoms with Gasteiger partial charge in [0.2, 0.25) is 17.8 Å². The van der Waals surface area contributed by atoms with Crippen LogP contribution in [0.3, 0.4) is 0 Å². The van der Waals surface area contributed by atoms with Gasteiger partial charge in [0.05, 0.1) is 47.1 Å². The van der Waals surface area contributed by atoms with E-state index in [1.807, 2.05) is 45.3 Å². The van der Waals surface area contributed by atoms with Crippen LogP contribution in [0.5, 0.6) is 0 Å². The van der Waals surface area contributed by atoms with Crippen LogP contribution < -0.4 is 26.2 Å². The average molecular weight is 907 g/mol. The Morgan fingerprint density at radius 3 is 2.28 bits per heavy atom. The molecule has 0 aliphatic carbocycles. The number of anilines is 5. The van der Waals surface area contributed by atoms with E-state index >= 15 is 8.78 Å². The van der Waals surface area contributed by atoms with Gasteiger partial charge in [-0.25, -0.2) is 33.7 Å². The molecular formula is C47H56F2N12O3S. The molecule has 5 heterocycles. The molecule has 18 heteroatoms. The summed E-state index contributed by atoms with van der Waals surface area (Å²) in [6, 6.07) is 13.7. The number of thiazole rings is 1. The summed E-state index contributed by atoms with van der Waals surface area (Å²) in [6.07, 6.45) is 8.78. The third-order valence-corrected chi connectivity index (χ3v) is 12.4. The number of fused-ring (bicyclic) bond motifs is 1. The van der Waals surface area contributed by atoms with Crippen molar-refractivity contribution in [3.05, 3.63) is 94.5 Å². The van der Waals surface area contributed by atoms with E-state index in [1.165, 1.54) is 17.4 Å². The first-order valence-corrected chi connectivity index (χ1v) is 23.0. The Hall–Kier alpha value is -6.40. The van der Waals surface area contributed by atoms with Crippen LogP contribution in [-0.4, -0.2) is 91.4 Å². The standard InChI is InChI=1S/C47H56F2N12O3S/c1-29(2)61-32(5)54-44-36(48)24-33(25-39(44)61)43-37(49)27-52-46(57-43)56-40-18-17-34(26-51-40)60-22-20-59(21-23-60)28-42(63)50-19-13-9-7-6-8-10-16-41(62)55-38-15-12-11-14-35(38)45(64)58-47-53-30(3)31(4)65-47/h11-12,14-15,17-18,24-27,29H,6-10,13,16,19-23,28H2,1-5H3,(H,50,63)(H,55,62)(H,53,58,64)(H,51,52,56,57). The van der Waals surface area contributed by atoms with E-state index in [4.69, 9.17) is 0 Å². The summed E-state index contributed by atoms with van der Waals surface area (Å²) in [4.78, 5) is 65.4. The largest absolute Gasteiger partial charge is 0.368 e. The van der Waals surface area contributed by atoms with Crippen molar-refractivity contribution < 1.29 is 23.2 Å². The van der Waals surface area contributed by atoms with Gasteiger partial charge in [0.1, 0.15) is 22.9 Å². The quantitative estimate of drug-likeness (QED) is 0.0572. The smallest absolute Gasteiger partial charge is 0.259 e. The molecule has 0 spiro atoms. The zero-order chi connectivity index (χ0) is 46.0. The van der Waals surface area contributed by atoms with Crippen molar-refractivity contribution in [3.63, 3.8) is 0 Å². The van der Waals surface area contributed by atoms with Gasteiger partial charge in [-0.2, -0.15) is 0 Å². The minimum Gasteiger partial charge on any atom is -0.368 e. The summed E-state index contributed by atoms with van der Waals surface area (Å²) >= 11 is 1.42. The SMILES string of the molecule is Cc1nc(NC(=O)c2ccccc2NC(=O)CCCCCCCCNC(=O)CN2CCN(c3ccc(Nc4ncc(F)c(-c5cc(F)c6nc(C)n(C(C)C)c6c5)n4)nc3)CC2)sc1C. The molecule has 4 N–H and O–H groups in total. The summed E-state index contributed by atoms with van der Waals surface area (Å²) in [5.41, 5.74) is 3.73. The number of aryl methyl sites for hydroxylation is 3. The van der Waals surface area contributed by atoms with E-state index in [0.717, 1.165) is 87.2 Å². The Kier molecular flexibility index (Phi) is 15.4. The van der Waals surface area contributed by atoms with Crippen molar-refractivity contribution in [2.45, 2.75) is 85.6 Å². The lowest BCUT2D eigenvalue weighted by Crippen LogP contribution is -2.49.